The molecule has 2 aromatic rings. The molecule has 1 heterocycles. The van der Waals surface area contributed by atoms with E-state index < -0.39 is 11.5 Å². The zero-order valence-corrected chi connectivity index (χ0v) is 11.2. The molecule has 5 heteroatoms. The summed E-state index contributed by atoms with van der Waals surface area (Å²) >= 11 is 0. The summed E-state index contributed by atoms with van der Waals surface area (Å²) in [6, 6.07) is 8.71. The number of carboxylic acid groups (broad SMARTS) is 1. The second kappa shape index (κ2) is 5.01. The number of carbonyl (C=O) groups excluding carboxylic acids is 1. The molecule has 1 aliphatic rings. The van der Waals surface area contributed by atoms with Gasteiger partial charge in [0.15, 0.2) is 5.78 Å². The fourth-order valence-corrected chi connectivity index (χ4v) is 2.71. The van der Waals surface area contributed by atoms with E-state index in [-0.39, 0.29) is 11.3 Å². The third-order valence-electron chi connectivity index (χ3n) is 3.70. The van der Waals surface area contributed by atoms with Gasteiger partial charge in [0.2, 0.25) is 0 Å². The van der Waals surface area contributed by atoms with Gasteiger partial charge in [-0.2, -0.15) is 0 Å². The SMILES string of the molecule is O=C1CCCc2c1cn(-c1ccccc1)c(=O)c2C(=O)O. The summed E-state index contributed by atoms with van der Waals surface area (Å²) in [5.74, 6) is -1.39. The zero-order chi connectivity index (χ0) is 15.0. The molecule has 1 aromatic heterocycles. The van der Waals surface area contributed by atoms with Crippen molar-refractivity contribution in [1.82, 2.24) is 4.57 Å². The number of para-hydroxylation sites is 1. The van der Waals surface area contributed by atoms with Gasteiger partial charge in [-0.1, -0.05) is 18.2 Å². The van der Waals surface area contributed by atoms with E-state index in [2.05, 4.69) is 0 Å². The monoisotopic (exact) mass is 283 g/mol. The number of aromatic nitrogens is 1. The van der Waals surface area contributed by atoms with Crippen LogP contribution in [-0.4, -0.2) is 21.4 Å². The van der Waals surface area contributed by atoms with Gasteiger partial charge in [0.1, 0.15) is 5.56 Å². The third-order valence-corrected chi connectivity index (χ3v) is 3.70. The predicted octanol–water partition coefficient (Wildman–Crippen LogP) is 2.05. The summed E-state index contributed by atoms with van der Waals surface area (Å²) in [6.07, 6.45) is 2.90. The average Bonchev–Trinajstić information content (AvgIpc) is 2.47. The number of ketones is 1. The number of fused-ring (bicyclic) bond motifs is 1. The molecule has 1 N–H and O–H groups in total. The first-order chi connectivity index (χ1) is 10.1. The molecule has 0 atom stereocenters. The first kappa shape index (κ1) is 13.3. The van der Waals surface area contributed by atoms with Crippen molar-refractivity contribution in [2.24, 2.45) is 0 Å². The minimum Gasteiger partial charge on any atom is -0.477 e. The summed E-state index contributed by atoms with van der Waals surface area (Å²) in [4.78, 5) is 36.0. The molecular formula is C16H13NO4. The number of pyridine rings is 1. The molecule has 0 radical (unpaired) electrons. The Labute approximate surface area is 120 Å². The normalized spacial score (nSPS) is 13.8. The first-order valence-electron chi connectivity index (χ1n) is 6.70. The number of benzene rings is 1. The molecule has 0 unspecified atom stereocenters. The molecular weight excluding hydrogens is 270 g/mol. The molecule has 0 amide bonds. The van der Waals surface area contributed by atoms with Crippen LogP contribution in [-0.2, 0) is 6.42 Å². The van der Waals surface area contributed by atoms with Crippen molar-refractivity contribution in [3.63, 3.8) is 0 Å². The molecule has 0 aliphatic heterocycles. The van der Waals surface area contributed by atoms with Crippen LogP contribution in [0.25, 0.3) is 5.69 Å². The van der Waals surface area contributed by atoms with Crippen LogP contribution >= 0.6 is 0 Å². The van der Waals surface area contributed by atoms with Crippen LogP contribution in [0.15, 0.2) is 41.3 Å². The Kier molecular flexibility index (Phi) is 3.17. The molecule has 106 valence electrons. The predicted molar refractivity (Wildman–Crippen MR) is 76.3 cm³/mol. The highest BCUT2D eigenvalue weighted by Gasteiger charge is 2.27. The number of nitrogens with zero attached hydrogens (tertiary/aromatic N) is 1. The van der Waals surface area contributed by atoms with Crippen LogP contribution in [0.5, 0.6) is 0 Å². The van der Waals surface area contributed by atoms with Crippen LogP contribution in [0.1, 0.15) is 39.1 Å². The Balaban J connectivity index is 2.35. The van der Waals surface area contributed by atoms with E-state index in [0.29, 0.717) is 36.1 Å². The van der Waals surface area contributed by atoms with E-state index in [1.807, 2.05) is 0 Å². The highest BCUT2D eigenvalue weighted by atomic mass is 16.4. The van der Waals surface area contributed by atoms with Crippen molar-refractivity contribution in [1.29, 1.82) is 0 Å². The van der Waals surface area contributed by atoms with Gasteiger partial charge in [0.25, 0.3) is 5.56 Å². The smallest absolute Gasteiger partial charge is 0.341 e. The van der Waals surface area contributed by atoms with Crippen LogP contribution in [0.4, 0.5) is 0 Å². The Morgan fingerprint density at radius 3 is 2.48 bits per heavy atom. The summed E-state index contributed by atoms with van der Waals surface area (Å²) in [7, 11) is 0. The van der Waals surface area contributed by atoms with Crippen molar-refractivity contribution < 1.29 is 14.7 Å². The van der Waals surface area contributed by atoms with E-state index in [4.69, 9.17) is 0 Å². The van der Waals surface area contributed by atoms with Gasteiger partial charge in [-0.15, -0.1) is 0 Å². The van der Waals surface area contributed by atoms with Crippen molar-refractivity contribution in [2.75, 3.05) is 0 Å². The lowest BCUT2D eigenvalue weighted by atomic mass is 9.89. The van der Waals surface area contributed by atoms with Gasteiger partial charge in [-0.25, -0.2) is 4.79 Å². The second-order valence-electron chi connectivity index (χ2n) is 4.99. The third kappa shape index (κ3) is 2.16. The van der Waals surface area contributed by atoms with Gasteiger partial charge in [0.05, 0.1) is 0 Å². The van der Waals surface area contributed by atoms with E-state index >= 15 is 0 Å². The molecule has 0 bridgehead atoms. The number of hydrogen-bond acceptors (Lipinski definition) is 3. The lowest BCUT2D eigenvalue weighted by Crippen LogP contribution is -2.31. The number of Topliss-reactive ketones (excluding diaryl/α,β-unsaturated/α-hetero) is 1. The van der Waals surface area contributed by atoms with Crippen LogP contribution in [0.3, 0.4) is 0 Å². The lowest BCUT2D eigenvalue weighted by molar-refractivity contribution is 0.0693. The van der Waals surface area contributed by atoms with E-state index in [0.717, 1.165) is 0 Å². The summed E-state index contributed by atoms with van der Waals surface area (Å²) < 4.78 is 1.24. The second-order valence-corrected chi connectivity index (χ2v) is 4.99. The highest BCUT2D eigenvalue weighted by Crippen LogP contribution is 2.23. The molecule has 0 spiro atoms. The molecule has 1 aliphatic carbocycles. The minimum atomic E-state index is -1.28. The fourth-order valence-electron chi connectivity index (χ4n) is 2.71. The van der Waals surface area contributed by atoms with Gasteiger partial charge in [0, 0.05) is 23.9 Å². The van der Waals surface area contributed by atoms with Crippen molar-refractivity contribution in [3.05, 3.63) is 63.6 Å². The van der Waals surface area contributed by atoms with Gasteiger partial charge < -0.3 is 5.11 Å². The number of carbonyl (C=O) groups is 2. The van der Waals surface area contributed by atoms with Crippen LogP contribution in [0.2, 0.25) is 0 Å². The Morgan fingerprint density at radius 1 is 1.10 bits per heavy atom. The fraction of sp³-hybridized carbons (Fsp3) is 0.188. The van der Waals surface area contributed by atoms with Crippen molar-refractivity contribution in [2.45, 2.75) is 19.3 Å². The largest absolute Gasteiger partial charge is 0.477 e. The standard InChI is InChI=1S/C16H13NO4/c18-13-8-4-7-11-12(13)9-17(10-5-2-1-3-6-10)15(19)14(11)16(20)21/h1-3,5-6,9H,4,7-8H2,(H,20,21). The van der Waals surface area contributed by atoms with Gasteiger partial charge in [-0.3, -0.25) is 14.2 Å². The van der Waals surface area contributed by atoms with Crippen molar-refractivity contribution in [3.8, 4) is 5.69 Å². The summed E-state index contributed by atoms with van der Waals surface area (Å²) in [5, 5.41) is 9.35. The summed E-state index contributed by atoms with van der Waals surface area (Å²) in [5.41, 5.74) is 0.385. The molecule has 0 fully saturated rings. The summed E-state index contributed by atoms with van der Waals surface area (Å²) in [6.45, 7) is 0. The Morgan fingerprint density at radius 2 is 1.81 bits per heavy atom. The van der Waals surface area contributed by atoms with Crippen LogP contribution in [0, 0.1) is 0 Å². The maximum atomic E-state index is 12.5. The molecule has 0 saturated carbocycles. The molecule has 0 saturated heterocycles. The topological polar surface area (TPSA) is 76.4 Å². The highest BCUT2D eigenvalue weighted by molar-refractivity contribution is 6.01. The van der Waals surface area contributed by atoms with E-state index in [1.165, 1.54) is 10.8 Å². The van der Waals surface area contributed by atoms with Gasteiger partial charge >= 0.3 is 5.97 Å². The molecule has 21 heavy (non-hydrogen) atoms. The van der Waals surface area contributed by atoms with E-state index in [9.17, 15) is 19.5 Å². The first-order valence-corrected chi connectivity index (χ1v) is 6.70. The number of carboxylic acids is 1. The average molecular weight is 283 g/mol. The van der Waals surface area contributed by atoms with Crippen LogP contribution < -0.4 is 5.56 Å². The van der Waals surface area contributed by atoms with Crippen molar-refractivity contribution >= 4 is 11.8 Å². The lowest BCUT2D eigenvalue weighted by Gasteiger charge is -2.19. The van der Waals surface area contributed by atoms with Gasteiger partial charge in [-0.05, 0) is 30.5 Å². The Bertz CT molecular complexity index is 790. The maximum absolute atomic E-state index is 12.5. The minimum absolute atomic E-state index is 0.108. The molecule has 1 aromatic carbocycles. The maximum Gasteiger partial charge on any atom is 0.341 e. The zero-order valence-electron chi connectivity index (χ0n) is 11.2. The number of aromatic carboxylic acids is 1. The molecule has 5 nitrogen and oxygen atoms in total. The molecule has 3 rings (SSSR count). The quantitative estimate of drug-likeness (QED) is 0.915. The Hall–Kier alpha value is -2.69. The number of rotatable bonds is 2. The number of hydrogen-bond donors (Lipinski definition) is 1. The van der Waals surface area contributed by atoms with E-state index in [1.54, 1.807) is 30.3 Å².